The van der Waals surface area contributed by atoms with Gasteiger partial charge in [0.2, 0.25) is 11.8 Å². The highest BCUT2D eigenvalue weighted by atomic mass is 16.2. The lowest BCUT2D eigenvalue weighted by Gasteiger charge is -2.34. The van der Waals surface area contributed by atoms with Gasteiger partial charge in [-0.1, -0.05) is 24.3 Å². The smallest absolute Gasteiger partial charge is 0.222 e. The van der Waals surface area contributed by atoms with Gasteiger partial charge in [-0.25, -0.2) is 0 Å². The molecule has 1 aromatic carbocycles. The molecule has 3 aliphatic rings. The predicted octanol–water partition coefficient (Wildman–Crippen LogP) is 2.48. The highest BCUT2D eigenvalue weighted by Gasteiger charge is 2.27. The lowest BCUT2D eigenvalue weighted by atomic mass is 9.87. The lowest BCUT2D eigenvalue weighted by Crippen LogP contribution is -2.42. The summed E-state index contributed by atoms with van der Waals surface area (Å²) in [5.74, 6) is 0.523. The molecule has 0 bridgehead atoms. The molecule has 28 heavy (non-hydrogen) atoms. The Hall–Kier alpha value is -1.88. The third kappa shape index (κ3) is 4.57. The van der Waals surface area contributed by atoms with E-state index in [0.717, 1.165) is 65.0 Å². The topological polar surface area (TPSA) is 43.9 Å². The number of nitrogens with zero attached hydrogens (tertiary/aromatic N) is 3. The summed E-state index contributed by atoms with van der Waals surface area (Å²) in [6.07, 6.45) is 7.64. The maximum Gasteiger partial charge on any atom is 0.222 e. The maximum absolute atomic E-state index is 12.7. The zero-order valence-corrected chi connectivity index (χ0v) is 16.9. The van der Waals surface area contributed by atoms with Crippen molar-refractivity contribution in [3.05, 3.63) is 35.4 Å². The van der Waals surface area contributed by atoms with Crippen LogP contribution in [-0.2, 0) is 22.4 Å². The van der Waals surface area contributed by atoms with Gasteiger partial charge in [0, 0.05) is 58.2 Å². The molecule has 2 aliphatic heterocycles. The van der Waals surface area contributed by atoms with Gasteiger partial charge in [-0.05, 0) is 49.7 Å². The van der Waals surface area contributed by atoms with E-state index in [2.05, 4.69) is 34.1 Å². The van der Waals surface area contributed by atoms with E-state index < -0.39 is 0 Å². The highest BCUT2D eigenvalue weighted by Crippen LogP contribution is 2.25. The highest BCUT2D eigenvalue weighted by molar-refractivity contribution is 5.78. The number of likely N-dealkylation sites (tertiary alicyclic amines) is 1. The number of aryl methyl sites for hydroxylation is 1. The second kappa shape index (κ2) is 9.08. The van der Waals surface area contributed by atoms with Crippen LogP contribution in [0, 0.1) is 0 Å². The molecule has 2 heterocycles. The van der Waals surface area contributed by atoms with Gasteiger partial charge in [0.25, 0.3) is 0 Å². The molecule has 2 saturated heterocycles. The van der Waals surface area contributed by atoms with Crippen molar-refractivity contribution in [3.63, 3.8) is 0 Å². The van der Waals surface area contributed by atoms with Crippen molar-refractivity contribution in [3.8, 4) is 0 Å². The Balaban J connectivity index is 1.23. The molecule has 4 rings (SSSR count). The van der Waals surface area contributed by atoms with Crippen molar-refractivity contribution in [1.82, 2.24) is 14.7 Å². The predicted molar refractivity (Wildman–Crippen MR) is 110 cm³/mol. The van der Waals surface area contributed by atoms with Crippen LogP contribution in [0.5, 0.6) is 0 Å². The molecule has 1 aromatic rings. The van der Waals surface area contributed by atoms with E-state index >= 15 is 0 Å². The molecule has 0 aromatic heterocycles. The summed E-state index contributed by atoms with van der Waals surface area (Å²) in [4.78, 5) is 30.9. The average Bonchev–Trinajstić information content (AvgIpc) is 2.98. The first kappa shape index (κ1) is 19.4. The molecule has 1 aliphatic carbocycles. The minimum Gasteiger partial charge on any atom is -0.343 e. The van der Waals surface area contributed by atoms with Crippen molar-refractivity contribution in [1.29, 1.82) is 0 Å². The molecule has 0 saturated carbocycles. The van der Waals surface area contributed by atoms with Crippen molar-refractivity contribution in [2.75, 3.05) is 39.3 Å². The molecular formula is C23H33N3O2. The molecule has 0 spiro atoms. The van der Waals surface area contributed by atoms with Crippen LogP contribution in [0.25, 0.3) is 0 Å². The van der Waals surface area contributed by atoms with Gasteiger partial charge in [0.05, 0.1) is 0 Å². The summed E-state index contributed by atoms with van der Waals surface area (Å²) in [6.45, 7) is 5.42. The number of hydrogen-bond donors (Lipinski definition) is 0. The normalized spacial score (nSPS) is 23.6. The van der Waals surface area contributed by atoms with Gasteiger partial charge < -0.3 is 9.80 Å². The van der Waals surface area contributed by atoms with Crippen molar-refractivity contribution in [2.45, 2.75) is 57.4 Å². The van der Waals surface area contributed by atoms with Crippen LogP contribution in [0.4, 0.5) is 0 Å². The fourth-order valence-electron chi connectivity index (χ4n) is 5.06. The van der Waals surface area contributed by atoms with E-state index in [-0.39, 0.29) is 11.8 Å². The Morgan fingerprint density at radius 2 is 1.82 bits per heavy atom. The molecule has 1 atom stereocenters. The largest absolute Gasteiger partial charge is 0.343 e. The Labute approximate surface area is 168 Å². The Morgan fingerprint density at radius 3 is 2.64 bits per heavy atom. The van der Waals surface area contributed by atoms with Crippen LogP contribution < -0.4 is 0 Å². The van der Waals surface area contributed by atoms with Crippen LogP contribution in [0.15, 0.2) is 24.3 Å². The van der Waals surface area contributed by atoms with Crippen molar-refractivity contribution >= 4 is 11.8 Å². The quantitative estimate of drug-likeness (QED) is 0.785. The first-order valence-electron chi connectivity index (χ1n) is 11.1. The van der Waals surface area contributed by atoms with Crippen LogP contribution in [-0.4, -0.2) is 71.8 Å². The fourth-order valence-corrected chi connectivity index (χ4v) is 5.06. The van der Waals surface area contributed by atoms with E-state index in [0.29, 0.717) is 18.9 Å². The summed E-state index contributed by atoms with van der Waals surface area (Å²) >= 11 is 0. The first-order valence-corrected chi connectivity index (χ1v) is 11.1. The second-order valence-electron chi connectivity index (χ2n) is 8.52. The van der Waals surface area contributed by atoms with Crippen molar-refractivity contribution < 1.29 is 9.59 Å². The van der Waals surface area contributed by atoms with E-state index in [1.165, 1.54) is 24.0 Å². The molecule has 2 fully saturated rings. The number of hydrogen-bond acceptors (Lipinski definition) is 3. The number of carbonyl (C=O) groups excluding carboxylic acids is 2. The minimum atomic E-state index is 0.256. The standard InChI is InChI=1S/C23H33N3O2/c27-22-8-3-12-25(22)13-4-9-23(28)26-15-5-14-24(16-17-26)21-11-10-19-6-1-2-7-20(19)18-21/h1-2,6-7,21H,3-5,8-18H2. The van der Waals surface area contributed by atoms with E-state index in [1.807, 2.05) is 4.90 Å². The molecule has 152 valence electrons. The minimum absolute atomic E-state index is 0.256. The van der Waals surface area contributed by atoms with Crippen molar-refractivity contribution in [2.24, 2.45) is 0 Å². The average molecular weight is 384 g/mol. The van der Waals surface area contributed by atoms with Gasteiger partial charge in [0.1, 0.15) is 0 Å². The Bertz CT molecular complexity index is 705. The van der Waals surface area contributed by atoms with E-state index in [9.17, 15) is 9.59 Å². The van der Waals surface area contributed by atoms with E-state index in [1.54, 1.807) is 0 Å². The number of benzene rings is 1. The zero-order chi connectivity index (χ0) is 19.3. The Kier molecular flexibility index (Phi) is 6.30. The summed E-state index contributed by atoms with van der Waals surface area (Å²) < 4.78 is 0. The molecule has 5 heteroatoms. The maximum atomic E-state index is 12.7. The third-order valence-electron chi connectivity index (χ3n) is 6.71. The van der Waals surface area contributed by atoms with Gasteiger partial charge >= 0.3 is 0 Å². The number of carbonyl (C=O) groups is 2. The summed E-state index contributed by atoms with van der Waals surface area (Å²) in [7, 11) is 0. The SMILES string of the molecule is O=C1CCCN1CCCC(=O)N1CCCN(C2CCc3ccccc3C2)CC1. The summed E-state index contributed by atoms with van der Waals surface area (Å²) in [5.41, 5.74) is 3.02. The molecule has 5 nitrogen and oxygen atoms in total. The molecule has 1 unspecified atom stereocenters. The monoisotopic (exact) mass is 383 g/mol. The first-order chi connectivity index (χ1) is 13.7. The molecule has 0 N–H and O–H groups in total. The number of rotatable bonds is 5. The van der Waals surface area contributed by atoms with E-state index in [4.69, 9.17) is 0 Å². The fraction of sp³-hybridized carbons (Fsp3) is 0.652. The zero-order valence-electron chi connectivity index (χ0n) is 16.9. The summed E-state index contributed by atoms with van der Waals surface area (Å²) in [6, 6.07) is 9.46. The Morgan fingerprint density at radius 1 is 0.964 bits per heavy atom. The lowest BCUT2D eigenvalue weighted by molar-refractivity contribution is -0.132. The number of fused-ring (bicyclic) bond motifs is 1. The summed E-state index contributed by atoms with van der Waals surface area (Å²) in [5, 5.41) is 0. The van der Waals surface area contributed by atoms with Gasteiger partial charge in [-0.3, -0.25) is 14.5 Å². The van der Waals surface area contributed by atoms with Gasteiger partial charge in [0.15, 0.2) is 0 Å². The van der Waals surface area contributed by atoms with Gasteiger partial charge in [-0.2, -0.15) is 0 Å². The molecule has 2 amide bonds. The molecule has 0 radical (unpaired) electrons. The number of amides is 2. The van der Waals surface area contributed by atoms with Crippen LogP contribution >= 0.6 is 0 Å². The van der Waals surface area contributed by atoms with Crippen LogP contribution in [0.1, 0.15) is 49.7 Å². The second-order valence-corrected chi connectivity index (χ2v) is 8.52. The van der Waals surface area contributed by atoms with Gasteiger partial charge in [-0.15, -0.1) is 0 Å². The molecular weight excluding hydrogens is 350 g/mol. The third-order valence-corrected chi connectivity index (χ3v) is 6.71. The van der Waals surface area contributed by atoms with Crippen LogP contribution in [0.2, 0.25) is 0 Å². The van der Waals surface area contributed by atoms with Crippen LogP contribution in [0.3, 0.4) is 0 Å².